The van der Waals surface area contributed by atoms with Crippen LogP contribution in [0.1, 0.15) is 81.1 Å². The Hall–Kier alpha value is -4.30. The number of nitrogen functional groups attached to an aromatic ring is 1. The third kappa shape index (κ3) is 9.49. The first kappa shape index (κ1) is 40.9. The van der Waals surface area contributed by atoms with Gasteiger partial charge in [-0.05, 0) is 110 Å². The zero-order valence-corrected chi connectivity index (χ0v) is 31.6. The average molecular weight is 752 g/mol. The quantitative estimate of drug-likeness (QED) is 0.0898. The van der Waals surface area contributed by atoms with E-state index in [2.05, 4.69) is 10.3 Å². The Balaban J connectivity index is 1.44. The van der Waals surface area contributed by atoms with E-state index in [9.17, 15) is 30.3 Å². The number of methoxy groups -OCH3 is 2. The molecule has 1 saturated carbocycles. The van der Waals surface area contributed by atoms with E-state index in [4.69, 9.17) is 24.7 Å². The molecule has 2 aromatic carbocycles. The van der Waals surface area contributed by atoms with Gasteiger partial charge in [-0.1, -0.05) is 32.3 Å². The molecule has 296 valence electrons. The molecule has 0 bridgehead atoms. The second kappa shape index (κ2) is 18.8. The number of rotatable bonds is 18. The minimum atomic E-state index is -1.00. The van der Waals surface area contributed by atoms with Crippen LogP contribution in [0.2, 0.25) is 0 Å². The monoisotopic (exact) mass is 751 g/mol. The number of benzene rings is 2. The number of carboxylic acids is 1. The summed E-state index contributed by atoms with van der Waals surface area (Å²) in [6.45, 7) is 2.41. The summed E-state index contributed by atoms with van der Waals surface area (Å²) in [6, 6.07) is 11.8. The Morgan fingerprint density at radius 3 is 2.43 bits per heavy atom. The number of phenols is 2. The molecule has 1 aliphatic heterocycles. The number of aliphatic hydroxyl groups is 2. The molecule has 1 aromatic heterocycles. The lowest BCUT2D eigenvalue weighted by atomic mass is 9.62. The lowest BCUT2D eigenvalue weighted by Gasteiger charge is -2.44. The number of nitrogens with zero attached hydrogens (tertiary/aromatic N) is 1. The van der Waals surface area contributed by atoms with Crippen molar-refractivity contribution in [3.8, 4) is 28.7 Å². The van der Waals surface area contributed by atoms with Gasteiger partial charge in [-0.3, -0.25) is 4.79 Å². The number of carbonyl (C=O) groups is 1. The number of anilines is 1. The van der Waals surface area contributed by atoms with Gasteiger partial charge < -0.3 is 55.5 Å². The molecule has 0 amide bonds. The van der Waals surface area contributed by atoms with E-state index in [1.54, 1.807) is 36.5 Å². The van der Waals surface area contributed by atoms with E-state index in [1.807, 2.05) is 19.1 Å². The molecule has 6 atom stereocenters. The number of aromatic hydroxyl groups is 2. The van der Waals surface area contributed by atoms with Crippen molar-refractivity contribution in [3.05, 3.63) is 65.4 Å². The summed E-state index contributed by atoms with van der Waals surface area (Å²) in [4.78, 5) is 17.3. The largest absolute Gasteiger partial charge is 0.504 e. The van der Waals surface area contributed by atoms with Crippen LogP contribution in [0.25, 0.3) is 0 Å². The van der Waals surface area contributed by atoms with Crippen molar-refractivity contribution in [2.75, 3.05) is 39.7 Å². The number of hydrogen-bond acceptors (Lipinski definition) is 12. The molecule has 5 rings (SSSR count). The van der Waals surface area contributed by atoms with Gasteiger partial charge in [-0.2, -0.15) is 0 Å². The van der Waals surface area contributed by atoms with Gasteiger partial charge in [0.05, 0.1) is 37.9 Å². The number of aliphatic carboxylic acids is 1. The van der Waals surface area contributed by atoms with Crippen molar-refractivity contribution in [3.63, 3.8) is 0 Å². The Labute approximate surface area is 317 Å². The van der Waals surface area contributed by atoms with Crippen LogP contribution < -0.4 is 25.3 Å². The highest BCUT2D eigenvalue weighted by Crippen LogP contribution is 2.48. The summed E-state index contributed by atoms with van der Waals surface area (Å²) in [5.74, 6) is -0.798. The maximum atomic E-state index is 13.2. The van der Waals surface area contributed by atoms with Crippen molar-refractivity contribution in [1.29, 1.82) is 0 Å². The average Bonchev–Trinajstić information content (AvgIpc) is 3.17. The summed E-state index contributed by atoms with van der Waals surface area (Å²) in [6.07, 6.45) is 5.82. The molecular formula is C41H57N3O10. The molecule has 8 N–H and O–H groups in total. The fourth-order valence-electron chi connectivity index (χ4n) is 8.53. The number of likely N-dealkylation sites (N-methyl/N-ethyl adjacent to an activating group) is 1. The van der Waals surface area contributed by atoms with Crippen LogP contribution in [-0.4, -0.2) is 88.7 Å². The van der Waals surface area contributed by atoms with E-state index in [0.29, 0.717) is 62.2 Å². The predicted octanol–water partition coefficient (Wildman–Crippen LogP) is 5.17. The lowest BCUT2D eigenvalue weighted by Crippen LogP contribution is -2.53. The molecule has 0 unspecified atom stereocenters. The molecule has 1 saturated heterocycles. The van der Waals surface area contributed by atoms with Crippen LogP contribution in [0.15, 0.2) is 48.7 Å². The number of aryl methyl sites for hydroxylation is 1. The predicted molar refractivity (Wildman–Crippen MR) is 203 cm³/mol. The summed E-state index contributed by atoms with van der Waals surface area (Å²) < 4.78 is 24.0. The first-order chi connectivity index (χ1) is 26.0. The number of nitrogens with two attached hydrogens (primary N) is 1. The SMILES string of the molecule is CCN[C@H](COc1cc([C@H]2O[C@@H](CCc3ccc(O)c(OC)c3)C[C@H](O)[C@@H]2CCO)cc(OC)c1O)[C@H](Cc1ccnc(N)c1)C1(C(=O)O)CCCCC1. The molecule has 0 spiro atoms. The second-order valence-electron chi connectivity index (χ2n) is 14.7. The molecule has 13 nitrogen and oxygen atoms in total. The molecule has 0 radical (unpaired) electrons. The fraction of sp³-hybridized carbons (Fsp3) is 0.561. The highest BCUT2D eigenvalue weighted by atomic mass is 16.5. The molecule has 54 heavy (non-hydrogen) atoms. The Kier molecular flexibility index (Phi) is 14.3. The Morgan fingerprint density at radius 1 is 1.02 bits per heavy atom. The summed E-state index contributed by atoms with van der Waals surface area (Å²) in [7, 11) is 2.94. The molecular weight excluding hydrogens is 694 g/mol. The van der Waals surface area contributed by atoms with E-state index < -0.39 is 35.6 Å². The number of phenolic OH excluding ortho intramolecular Hbond substituents is 2. The van der Waals surface area contributed by atoms with Gasteiger partial charge in [-0.25, -0.2) is 4.98 Å². The van der Waals surface area contributed by atoms with Crippen molar-refractivity contribution < 1.29 is 49.3 Å². The minimum Gasteiger partial charge on any atom is -0.504 e. The van der Waals surface area contributed by atoms with Gasteiger partial charge in [-0.15, -0.1) is 0 Å². The molecule has 2 aliphatic rings. The number of carboxylic acid groups (broad SMARTS) is 1. The zero-order valence-electron chi connectivity index (χ0n) is 31.6. The molecule has 2 fully saturated rings. The maximum absolute atomic E-state index is 13.2. The third-order valence-electron chi connectivity index (χ3n) is 11.4. The second-order valence-corrected chi connectivity index (χ2v) is 14.7. The number of aromatic nitrogens is 1. The first-order valence-electron chi connectivity index (χ1n) is 19.0. The Bertz CT molecular complexity index is 1680. The summed E-state index contributed by atoms with van der Waals surface area (Å²) >= 11 is 0. The molecule has 2 heterocycles. The number of pyridine rings is 1. The van der Waals surface area contributed by atoms with Gasteiger partial charge in [0, 0.05) is 24.8 Å². The third-order valence-corrected chi connectivity index (χ3v) is 11.4. The minimum absolute atomic E-state index is 0.0429. The van der Waals surface area contributed by atoms with Gasteiger partial charge in [0.1, 0.15) is 12.4 Å². The van der Waals surface area contributed by atoms with Crippen molar-refractivity contribution >= 4 is 11.8 Å². The van der Waals surface area contributed by atoms with Crippen LogP contribution >= 0.6 is 0 Å². The van der Waals surface area contributed by atoms with E-state index in [0.717, 1.165) is 30.4 Å². The van der Waals surface area contributed by atoms with Crippen molar-refractivity contribution in [1.82, 2.24) is 10.3 Å². The highest BCUT2D eigenvalue weighted by Gasteiger charge is 2.49. The normalized spacial score (nSPS) is 22.2. The first-order valence-corrected chi connectivity index (χ1v) is 19.0. The van der Waals surface area contributed by atoms with Gasteiger partial charge in [0.25, 0.3) is 0 Å². The van der Waals surface area contributed by atoms with Gasteiger partial charge in [0.2, 0.25) is 5.75 Å². The van der Waals surface area contributed by atoms with E-state index >= 15 is 0 Å². The van der Waals surface area contributed by atoms with Crippen LogP contribution in [0.4, 0.5) is 5.82 Å². The fourth-order valence-corrected chi connectivity index (χ4v) is 8.53. The molecule has 1 aliphatic carbocycles. The molecule has 13 heteroatoms. The van der Waals surface area contributed by atoms with E-state index in [-0.39, 0.29) is 54.7 Å². The number of nitrogens with one attached hydrogen (secondary N) is 1. The van der Waals surface area contributed by atoms with Crippen molar-refractivity contribution in [2.24, 2.45) is 17.3 Å². The van der Waals surface area contributed by atoms with Crippen LogP contribution in [-0.2, 0) is 22.4 Å². The highest BCUT2D eigenvalue weighted by molar-refractivity contribution is 5.75. The van der Waals surface area contributed by atoms with Crippen LogP contribution in [0.5, 0.6) is 28.7 Å². The lowest BCUT2D eigenvalue weighted by molar-refractivity contribution is -0.157. The smallest absolute Gasteiger partial charge is 0.309 e. The standard InChI is InChI=1S/C41H57N3O10/c1-4-43-31(30(18-26-12-16-44-37(42)20-26)41(40(49)50)14-6-5-7-15-41)24-53-36-22-27(21-35(52-3)38(36)48)39-29(13-17-45)33(47)23-28(54-39)10-8-25-9-11-32(46)34(19-25)51-2/h9,11-12,16,19-22,28-31,33,39,43,45-48H,4-8,10,13-15,17-18,23-24H2,1-3H3,(H2,42,44)(H,49,50)/t28-,29-,30-,31+,33-,39+/m0/s1. The van der Waals surface area contributed by atoms with Crippen LogP contribution in [0.3, 0.4) is 0 Å². The van der Waals surface area contributed by atoms with Gasteiger partial charge in [0.15, 0.2) is 23.0 Å². The molecule has 3 aromatic rings. The maximum Gasteiger partial charge on any atom is 0.309 e. The van der Waals surface area contributed by atoms with Crippen LogP contribution in [0, 0.1) is 17.3 Å². The topological polar surface area (TPSA) is 206 Å². The van der Waals surface area contributed by atoms with Gasteiger partial charge >= 0.3 is 5.97 Å². The van der Waals surface area contributed by atoms with E-state index in [1.165, 1.54) is 14.2 Å². The van der Waals surface area contributed by atoms with Crippen molar-refractivity contribution in [2.45, 2.75) is 95.5 Å². The summed E-state index contributed by atoms with van der Waals surface area (Å²) in [5.41, 5.74) is 7.47. The Morgan fingerprint density at radius 2 is 1.76 bits per heavy atom. The summed E-state index contributed by atoms with van der Waals surface area (Å²) in [5, 5.41) is 57.0. The number of hydrogen-bond donors (Lipinski definition) is 7. The number of aliphatic hydroxyl groups excluding tert-OH is 2. The number of ether oxygens (including phenoxy) is 4. The zero-order chi connectivity index (χ0) is 38.8.